The standard InChI is InChI=1S/C16H11F3N2OS/c17-16(18,19)10-4-3-9-6-12(15(20)22)14(21-13(9)7-10)8-11-2-1-5-23-11/h1-7H,8H2,(H2,20,22). The quantitative estimate of drug-likeness (QED) is 0.786. The molecule has 1 aromatic carbocycles. The van der Waals surface area contributed by atoms with Crippen molar-refractivity contribution in [3.8, 4) is 0 Å². The molecule has 2 N–H and O–H groups in total. The highest BCUT2D eigenvalue weighted by atomic mass is 32.1. The molecule has 0 saturated heterocycles. The van der Waals surface area contributed by atoms with Gasteiger partial charge in [-0.2, -0.15) is 13.2 Å². The first-order valence-corrected chi connectivity index (χ1v) is 7.55. The molecule has 2 heterocycles. The summed E-state index contributed by atoms with van der Waals surface area (Å²) < 4.78 is 38.5. The Morgan fingerprint density at radius 1 is 1.22 bits per heavy atom. The predicted octanol–water partition coefficient (Wildman–Crippen LogP) is 4.00. The van der Waals surface area contributed by atoms with Crippen molar-refractivity contribution in [2.75, 3.05) is 0 Å². The first-order valence-electron chi connectivity index (χ1n) is 6.67. The van der Waals surface area contributed by atoms with Gasteiger partial charge < -0.3 is 5.73 Å². The van der Waals surface area contributed by atoms with E-state index in [1.165, 1.54) is 23.5 Å². The summed E-state index contributed by atoms with van der Waals surface area (Å²) >= 11 is 1.48. The third kappa shape index (κ3) is 3.19. The topological polar surface area (TPSA) is 56.0 Å². The van der Waals surface area contributed by atoms with Gasteiger partial charge in [-0.05, 0) is 29.6 Å². The SMILES string of the molecule is NC(=O)c1cc2ccc(C(F)(F)F)cc2nc1Cc1cccs1. The van der Waals surface area contributed by atoms with Gasteiger partial charge in [0.1, 0.15) is 0 Å². The molecule has 0 radical (unpaired) electrons. The van der Waals surface area contributed by atoms with E-state index < -0.39 is 17.6 Å². The number of aromatic nitrogens is 1. The number of benzene rings is 1. The molecular weight excluding hydrogens is 325 g/mol. The number of pyridine rings is 1. The molecule has 7 heteroatoms. The Labute approximate surface area is 133 Å². The molecule has 3 rings (SSSR count). The number of alkyl halides is 3. The van der Waals surface area contributed by atoms with Crippen LogP contribution in [0.5, 0.6) is 0 Å². The molecule has 3 nitrogen and oxygen atoms in total. The summed E-state index contributed by atoms with van der Waals surface area (Å²) in [5.41, 5.74) is 5.41. The number of rotatable bonds is 3. The van der Waals surface area contributed by atoms with Gasteiger partial charge in [-0.15, -0.1) is 11.3 Å². The number of amides is 1. The number of hydrogen-bond donors (Lipinski definition) is 1. The number of carbonyl (C=O) groups is 1. The maximum atomic E-state index is 12.8. The van der Waals surface area contributed by atoms with Crippen LogP contribution in [0.15, 0.2) is 41.8 Å². The van der Waals surface area contributed by atoms with Crippen molar-refractivity contribution in [2.45, 2.75) is 12.6 Å². The van der Waals surface area contributed by atoms with Gasteiger partial charge in [-0.25, -0.2) is 0 Å². The van der Waals surface area contributed by atoms with Crippen LogP contribution in [0.2, 0.25) is 0 Å². The van der Waals surface area contributed by atoms with Crippen LogP contribution < -0.4 is 5.73 Å². The Hall–Kier alpha value is -2.41. The zero-order valence-electron chi connectivity index (χ0n) is 11.7. The highest BCUT2D eigenvalue weighted by Gasteiger charge is 2.30. The lowest BCUT2D eigenvalue weighted by atomic mass is 10.0. The largest absolute Gasteiger partial charge is 0.416 e. The second-order valence-corrected chi connectivity index (χ2v) is 6.04. The van der Waals surface area contributed by atoms with E-state index in [9.17, 15) is 18.0 Å². The zero-order valence-corrected chi connectivity index (χ0v) is 12.5. The van der Waals surface area contributed by atoms with Crippen molar-refractivity contribution < 1.29 is 18.0 Å². The lowest BCUT2D eigenvalue weighted by Crippen LogP contribution is -2.15. The Bertz CT molecular complexity index is 873. The molecule has 3 aromatic rings. The Morgan fingerprint density at radius 3 is 2.61 bits per heavy atom. The average Bonchev–Trinajstić information content (AvgIpc) is 2.97. The van der Waals surface area contributed by atoms with Crippen LogP contribution in [0.25, 0.3) is 10.9 Å². The predicted molar refractivity (Wildman–Crippen MR) is 82.4 cm³/mol. The summed E-state index contributed by atoms with van der Waals surface area (Å²) in [7, 11) is 0. The van der Waals surface area contributed by atoms with Crippen LogP contribution in [0.3, 0.4) is 0 Å². The molecule has 0 spiro atoms. The Morgan fingerprint density at radius 2 is 2.00 bits per heavy atom. The Kier molecular flexibility index (Phi) is 3.81. The monoisotopic (exact) mass is 336 g/mol. The summed E-state index contributed by atoms with van der Waals surface area (Å²) in [5, 5.41) is 2.32. The maximum Gasteiger partial charge on any atom is 0.416 e. The van der Waals surface area contributed by atoms with E-state index in [1.807, 2.05) is 17.5 Å². The fourth-order valence-electron chi connectivity index (χ4n) is 2.31. The molecule has 1 amide bonds. The fourth-order valence-corrected chi connectivity index (χ4v) is 3.02. The third-order valence-corrected chi connectivity index (χ3v) is 4.29. The summed E-state index contributed by atoms with van der Waals surface area (Å²) in [6, 6.07) is 8.46. The number of nitrogens with zero attached hydrogens (tertiary/aromatic N) is 1. The highest BCUT2D eigenvalue weighted by molar-refractivity contribution is 7.09. The number of thiophene rings is 1. The van der Waals surface area contributed by atoms with Crippen molar-refractivity contribution in [1.29, 1.82) is 0 Å². The van der Waals surface area contributed by atoms with E-state index in [-0.39, 0.29) is 11.1 Å². The molecule has 118 valence electrons. The molecule has 2 aromatic heterocycles. The van der Waals surface area contributed by atoms with E-state index in [0.717, 1.165) is 17.0 Å². The summed E-state index contributed by atoms with van der Waals surface area (Å²) in [5.74, 6) is -0.647. The summed E-state index contributed by atoms with van der Waals surface area (Å²) in [6.45, 7) is 0. The average molecular weight is 336 g/mol. The van der Waals surface area contributed by atoms with E-state index >= 15 is 0 Å². The molecule has 0 unspecified atom stereocenters. The molecule has 23 heavy (non-hydrogen) atoms. The van der Waals surface area contributed by atoms with E-state index in [0.29, 0.717) is 17.5 Å². The van der Waals surface area contributed by atoms with Crippen LogP contribution in [-0.4, -0.2) is 10.9 Å². The number of nitrogens with two attached hydrogens (primary N) is 1. The smallest absolute Gasteiger partial charge is 0.366 e. The van der Waals surface area contributed by atoms with Gasteiger partial charge >= 0.3 is 6.18 Å². The minimum Gasteiger partial charge on any atom is -0.366 e. The molecule has 0 atom stereocenters. The first kappa shape index (κ1) is 15.5. The second-order valence-electron chi connectivity index (χ2n) is 5.01. The third-order valence-electron chi connectivity index (χ3n) is 3.41. The van der Waals surface area contributed by atoms with Crippen molar-refractivity contribution >= 4 is 28.1 Å². The van der Waals surface area contributed by atoms with Crippen molar-refractivity contribution in [2.24, 2.45) is 5.73 Å². The van der Waals surface area contributed by atoms with E-state index in [2.05, 4.69) is 4.98 Å². The molecule has 0 aliphatic carbocycles. The first-order chi connectivity index (χ1) is 10.8. The van der Waals surface area contributed by atoms with Gasteiger partial charge in [0, 0.05) is 16.7 Å². The van der Waals surface area contributed by atoms with Gasteiger partial charge in [-0.1, -0.05) is 12.1 Å². The lowest BCUT2D eigenvalue weighted by Gasteiger charge is -2.10. The Balaban J connectivity index is 2.15. The van der Waals surface area contributed by atoms with Crippen molar-refractivity contribution in [3.63, 3.8) is 0 Å². The summed E-state index contributed by atoms with van der Waals surface area (Å²) in [4.78, 5) is 16.8. The van der Waals surface area contributed by atoms with E-state index in [4.69, 9.17) is 5.73 Å². The van der Waals surface area contributed by atoms with Crippen LogP contribution >= 0.6 is 11.3 Å². The minimum absolute atomic E-state index is 0.191. The van der Waals surface area contributed by atoms with Crippen LogP contribution in [0, 0.1) is 0 Å². The molecular formula is C16H11F3N2OS. The number of primary amides is 1. The van der Waals surface area contributed by atoms with Gasteiger partial charge in [0.15, 0.2) is 0 Å². The molecule has 0 fully saturated rings. The van der Waals surface area contributed by atoms with E-state index in [1.54, 1.807) is 0 Å². The number of fused-ring (bicyclic) bond motifs is 1. The van der Waals surface area contributed by atoms with Gasteiger partial charge in [-0.3, -0.25) is 9.78 Å². The maximum absolute atomic E-state index is 12.8. The van der Waals surface area contributed by atoms with Crippen molar-refractivity contribution in [3.05, 3.63) is 63.5 Å². The van der Waals surface area contributed by atoms with Crippen LogP contribution in [0.1, 0.15) is 26.5 Å². The van der Waals surface area contributed by atoms with Crippen LogP contribution in [0.4, 0.5) is 13.2 Å². The molecule has 0 bridgehead atoms. The summed E-state index contributed by atoms with van der Waals surface area (Å²) in [6.07, 6.45) is -4.09. The highest BCUT2D eigenvalue weighted by Crippen LogP contribution is 2.31. The zero-order chi connectivity index (χ0) is 16.6. The van der Waals surface area contributed by atoms with Gasteiger partial charge in [0.25, 0.3) is 5.91 Å². The second kappa shape index (κ2) is 5.66. The minimum atomic E-state index is -4.44. The van der Waals surface area contributed by atoms with Crippen molar-refractivity contribution in [1.82, 2.24) is 4.98 Å². The molecule has 0 saturated carbocycles. The number of hydrogen-bond acceptors (Lipinski definition) is 3. The lowest BCUT2D eigenvalue weighted by molar-refractivity contribution is -0.137. The van der Waals surface area contributed by atoms with Gasteiger partial charge in [0.05, 0.1) is 22.3 Å². The normalized spacial score (nSPS) is 11.8. The van der Waals surface area contributed by atoms with Gasteiger partial charge in [0.2, 0.25) is 0 Å². The number of halogens is 3. The molecule has 0 aliphatic heterocycles. The fraction of sp³-hybridized carbons (Fsp3) is 0.125. The molecule has 0 aliphatic rings. The number of carbonyl (C=O) groups excluding carboxylic acids is 1. The van der Waals surface area contributed by atoms with Crippen LogP contribution in [-0.2, 0) is 12.6 Å².